The van der Waals surface area contributed by atoms with E-state index < -0.39 is 47.9 Å². The number of nitrogens with two attached hydrogens (primary N) is 2. The van der Waals surface area contributed by atoms with Gasteiger partial charge in [-0.05, 0) is 18.9 Å². The predicted molar refractivity (Wildman–Crippen MR) is 99.7 cm³/mol. The van der Waals surface area contributed by atoms with Crippen molar-refractivity contribution >= 4 is 23.7 Å². The van der Waals surface area contributed by atoms with Gasteiger partial charge in [0, 0.05) is 12.8 Å². The number of aliphatic carboxylic acids is 1. The summed E-state index contributed by atoms with van der Waals surface area (Å²) in [5.41, 5.74) is 11.5. The molecule has 0 aromatic heterocycles. The van der Waals surface area contributed by atoms with Gasteiger partial charge < -0.3 is 32.3 Å². The van der Waals surface area contributed by atoms with Crippen LogP contribution in [0, 0.1) is 0 Å². The summed E-state index contributed by atoms with van der Waals surface area (Å²) in [6.45, 7) is 1.23. The summed E-state index contributed by atoms with van der Waals surface area (Å²) in [5.74, 6) is -3.48. The molecule has 8 N–H and O–H groups in total. The highest BCUT2D eigenvalue weighted by atomic mass is 16.4. The number of carboxylic acid groups (broad SMARTS) is 1. The summed E-state index contributed by atoms with van der Waals surface area (Å²) >= 11 is 0. The second-order valence-corrected chi connectivity index (χ2v) is 6.43. The van der Waals surface area contributed by atoms with Crippen molar-refractivity contribution in [3.05, 3.63) is 35.9 Å². The first-order valence-corrected chi connectivity index (χ1v) is 8.71. The highest BCUT2D eigenvalue weighted by molar-refractivity contribution is 5.92. The van der Waals surface area contributed by atoms with Crippen molar-refractivity contribution < 1.29 is 29.4 Å². The van der Waals surface area contributed by atoms with Crippen LogP contribution in [0.3, 0.4) is 0 Å². The molecule has 1 rings (SSSR count). The maximum Gasteiger partial charge on any atom is 0.328 e. The van der Waals surface area contributed by atoms with E-state index in [0.29, 0.717) is 0 Å². The van der Waals surface area contributed by atoms with Crippen molar-refractivity contribution in [1.29, 1.82) is 0 Å². The Bertz CT molecular complexity index is 695. The van der Waals surface area contributed by atoms with Crippen LogP contribution in [0.5, 0.6) is 0 Å². The van der Waals surface area contributed by atoms with Gasteiger partial charge in [0.15, 0.2) is 6.04 Å². The van der Waals surface area contributed by atoms with Crippen LogP contribution < -0.4 is 22.1 Å². The van der Waals surface area contributed by atoms with E-state index in [9.17, 15) is 24.3 Å². The van der Waals surface area contributed by atoms with Gasteiger partial charge in [0.2, 0.25) is 17.7 Å². The monoisotopic (exact) mass is 394 g/mol. The zero-order valence-electron chi connectivity index (χ0n) is 15.5. The summed E-state index contributed by atoms with van der Waals surface area (Å²) in [4.78, 5) is 46.9. The Kier molecular flexibility index (Phi) is 9.06. The average molecular weight is 394 g/mol. The number of carboxylic acids is 1. The van der Waals surface area contributed by atoms with Crippen molar-refractivity contribution in [1.82, 2.24) is 10.6 Å². The van der Waals surface area contributed by atoms with Gasteiger partial charge in [-0.2, -0.15) is 0 Å². The molecule has 154 valence electrons. The molecule has 0 aliphatic carbocycles. The number of nitrogens with one attached hydrogen (secondary N) is 2. The van der Waals surface area contributed by atoms with Gasteiger partial charge in [0.1, 0.15) is 6.04 Å². The molecule has 1 aromatic rings. The molecule has 0 radical (unpaired) electrons. The fraction of sp³-hybridized carbons (Fsp3) is 0.444. The number of carbonyl (C=O) groups is 4. The highest BCUT2D eigenvalue weighted by Gasteiger charge is 2.30. The second kappa shape index (κ2) is 11.0. The van der Waals surface area contributed by atoms with E-state index in [1.54, 1.807) is 30.3 Å². The number of benzene rings is 1. The van der Waals surface area contributed by atoms with E-state index >= 15 is 0 Å². The molecule has 0 saturated heterocycles. The van der Waals surface area contributed by atoms with E-state index in [-0.39, 0.29) is 19.3 Å². The minimum Gasteiger partial charge on any atom is -0.480 e. The molecule has 0 spiro atoms. The van der Waals surface area contributed by atoms with E-state index in [0.717, 1.165) is 5.56 Å². The maximum atomic E-state index is 12.6. The Balaban J connectivity index is 2.92. The van der Waals surface area contributed by atoms with E-state index in [4.69, 9.17) is 16.6 Å². The zero-order valence-corrected chi connectivity index (χ0v) is 15.5. The molecular weight excluding hydrogens is 368 g/mol. The molecule has 3 amide bonds. The van der Waals surface area contributed by atoms with Crippen molar-refractivity contribution in [3.8, 4) is 0 Å². The van der Waals surface area contributed by atoms with Crippen LogP contribution in [0.2, 0.25) is 0 Å². The van der Waals surface area contributed by atoms with E-state index in [2.05, 4.69) is 10.6 Å². The SMILES string of the molecule is CC(O)C(NC(=O)C(Cc1ccccc1)NC(=O)C(N)CCC(N)=O)C(=O)O. The quantitative estimate of drug-likeness (QED) is 0.257. The normalized spacial score (nSPS) is 15.0. The molecule has 4 unspecified atom stereocenters. The lowest BCUT2D eigenvalue weighted by Gasteiger charge is -2.24. The van der Waals surface area contributed by atoms with Gasteiger partial charge in [-0.3, -0.25) is 14.4 Å². The largest absolute Gasteiger partial charge is 0.480 e. The Hall–Kier alpha value is -2.98. The van der Waals surface area contributed by atoms with Crippen LogP contribution in [0.4, 0.5) is 0 Å². The first kappa shape index (κ1) is 23.1. The first-order valence-electron chi connectivity index (χ1n) is 8.71. The van der Waals surface area contributed by atoms with Crippen LogP contribution in [0.1, 0.15) is 25.3 Å². The van der Waals surface area contributed by atoms with Gasteiger partial charge in [-0.25, -0.2) is 4.79 Å². The molecule has 4 atom stereocenters. The van der Waals surface area contributed by atoms with Crippen LogP contribution >= 0.6 is 0 Å². The van der Waals surface area contributed by atoms with Crippen LogP contribution in [-0.2, 0) is 25.6 Å². The fourth-order valence-corrected chi connectivity index (χ4v) is 2.41. The summed E-state index contributed by atoms with van der Waals surface area (Å²) in [5, 5.41) is 23.4. The number of rotatable bonds is 11. The van der Waals surface area contributed by atoms with E-state index in [1.807, 2.05) is 0 Å². The van der Waals surface area contributed by atoms with Crippen molar-refractivity contribution in [3.63, 3.8) is 0 Å². The Morgan fingerprint density at radius 3 is 2.18 bits per heavy atom. The second-order valence-electron chi connectivity index (χ2n) is 6.43. The van der Waals surface area contributed by atoms with Crippen LogP contribution in [0.25, 0.3) is 0 Å². The minimum absolute atomic E-state index is 0.00622. The smallest absolute Gasteiger partial charge is 0.328 e. The lowest BCUT2D eigenvalue weighted by atomic mass is 10.0. The Morgan fingerprint density at radius 1 is 1.07 bits per heavy atom. The number of hydrogen-bond donors (Lipinski definition) is 6. The molecule has 0 saturated carbocycles. The first-order chi connectivity index (χ1) is 13.1. The fourth-order valence-electron chi connectivity index (χ4n) is 2.41. The molecule has 0 fully saturated rings. The van der Waals surface area contributed by atoms with Gasteiger partial charge in [0.25, 0.3) is 0 Å². The molecule has 10 nitrogen and oxygen atoms in total. The lowest BCUT2D eigenvalue weighted by Crippen LogP contribution is -2.57. The number of primary amides is 1. The minimum atomic E-state index is -1.54. The van der Waals surface area contributed by atoms with Gasteiger partial charge in [0.05, 0.1) is 12.1 Å². The molecule has 0 aliphatic heterocycles. The molecule has 10 heteroatoms. The van der Waals surface area contributed by atoms with Crippen molar-refractivity contribution in [2.45, 2.75) is 50.4 Å². The zero-order chi connectivity index (χ0) is 21.3. The number of amides is 3. The molecule has 0 bridgehead atoms. The predicted octanol–water partition coefficient (Wildman–Crippen LogP) is -1.74. The number of hydrogen-bond acceptors (Lipinski definition) is 6. The third-order valence-electron chi connectivity index (χ3n) is 4.00. The number of aliphatic hydroxyl groups excluding tert-OH is 1. The number of aliphatic hydroxyl groups is 1. The van der Waals surface area contributed by atoms with Gasteiger partial charge >= 0.3 is 5.97 Å². The van der Waals surface area contributed by atoms with Crippen LogP contribution in [-0.4, -0.2) is 58.1 Å². The van der Waals surface area contributed by atoms with Crippen LogP contribution in [0.15, 0.2) is 30.3 Å². The van der Waals surface area contributed by atoms with Gasteiger partial charge in [-0.15, -0.1) is 0 Å². The Labute approximate surface area is 162 Å². The van der Waals surface area contributed by atoms with Crippen molar-refractivity contribution in [2.24, 2.45) is 11.5 Å². The number of carbonyl (C=O) groups excluding carboxylic acids is 3. The summed E-state index contributed by atoms with van der Waals surface area (Å²) in [7, 11) is 0. The third kappa shape index (κ3) is 7.72. The molecule has 28 heavy (non-hydrogen) atoms. The summed E-state index contributed by atoms with van der Waals surface area (Å²) in [6.07, 6.45) is -1.35. The van der Waals surface area contributed by atoms with Gasteiger partial charge in [-0.1, -0.05) is 30.3 Å². The average Bonchev–Trinajstić information content (AvgIpc) is 2.63. The molecule has 0 heterocycles. The molecule has 0 aliphatic rings. The highest BCUT2D eigenvalue weighted by Crippen LogP contribution is 2.06. The summed E-state index contributed by atoms with van der Waals surface area (Å²) in [6, 6.07) is 5.03. The lowest BCUT2D eigenvalue weighted by molar-refractivity contribution is -0.145. The topological polar surface area (TPSA) is 185 Å². The Morgan fingerprint density at radius 2 is 1.68 bits per heavy atom. The standard InChI is InChI=1S/C18H26N4O6/c1-10(23)15(18(27)28)22-17(26)13(9-11-5-3-2-4-6-11)21-16(25)12(19)7-8-14(20)24/h2-6,10,12-13,15,23H,7-9,19H2,1H3,(H2,20,24)(H,21,25)(H,22,26)(H,27,28). The third-order valence-corrected chi connectivity index (χ3v) is 4.00. The maximum absolute atomic E-state index is 12.6. The summed E-state index contributed by atoms with van der Waals surface area (Å²) < 4.78 is 0. The van der Waals surface area contributed by atoms with E-state index in [1.165, 1.54) is 6.92 Å². The molecule has 1 aromatic carbocycles. The molecular formula is C18H26N4O6. The van der Waals surface area contributed by atoms with Crippen molar-refractivity contribution in [2.75, 3.05) is 0 Å².